The lowest BCUT2D eigenvalue weighted by Gasteiger charge is -2.17. The highest BCUT2D eigenvalue weighted by Gasteiger charge is 2.18. The van der Waals surface area contributed by atoms with Crippen LogP contribution in [0.25, 0.3) is 0 Å². The van der Waals surface area contributed by atoms with Crippen LogP contribution in [-0.4, -0.2) is 38.3 Å². The lowest BCUT2D eigenvalue weighted by Crippen LogP contribution is -2.45. The first-order valence-corrected chi connectivity index (χ1v) is 15.4. The Labute approximate surface area is 157 Å². The topological polar surface area (TPSA) is 84.0 Å². The van der Waals surface area contributed by atoms with Gasteiger partial charge in [0.15, 0.2) is 0 Å². The van der Waals surface area contributed by atoms with Gasteiger partial charge in [-0.15, -0.1) is 0 Å². The number of amides is 2. The molecule has 0 atom stereocenters. The van der Waals surface area contributed by atoms with E-state index in [1.54, 1.807) is 49.1 Å². The lowest BCUT2D eigenvalue weighted by molar-refractivity contribution is 0.0969. The van der Waals surface area contributed by atoms with Gasteiger partial charge in [0.2, 0.25) is 11.8 Å². The summed E-state index contributed by atoms with van der Waals surface area (Å²) in [4.78, 5) is 36.9. The highest BCUT2D eigenvalue weighted by Crippen LogP contribution is 2.01. The third-order valence-electron chi connectivity index (χ3n) is 2.82. The molecule has 0 bridgehead atoms. The molecule has 2 rings (SSSR count). The van der Waals surface area contributed by atoms with Crippen LogP contribution in [0.4, 0.5) is 0 Å². The molecule has 140 valence electrons. The Hall–Kier alpha value is -2.33. The molecular weight excluding hydrogens is 360 g/mol. The summed E-state index contributed by atoms with van der Waals surface area (Å²) < 4.78 is 0. The van der Waals surface area contributed by atoms with Gasteiger partial charge in [0.05, 0.1) is 11.1 Å². The number of nitrogens with one attached hydrogen (secondary N) is 2. The molecule has 6 nitrogen and oxygen atoms in total. The van der Waals surface area contributed by atoms with Gasteiger partial charge in [-0.05, 0) is 24.3 Å². The molecule has 2 aromatic heterocycles. The monoisotopic (exact) mass is 388 g/mol. The van der Waals surface area contributed by atoms with Crippen LogP contribution in [0.5, 0.6) is 0 Å². The van der Waals surface area contributed by atoms with Gasteiger partial charge in [-0.1, -0.05) is 39.3 Å². The maximum atomic E-state index is 11.5. The normalized spacial score (nSPS) is 11.0. The maximum absolute atomic E-state index is 11.5. The van der Waals surface area contributed by atoms with Crippen molar-refractivity contribution < 1.29 is 9.59 Å². The van der Waals surface area contributed by atoms with E-state index in [-0.39, 0.29) is 11.8 Å². The molecule has 8 heteroatoms. The molecule has 0 aliphatic carbocycles. The van der Waals surface area contributed by atoms with Crippen LogP contribution in [0, 0.1) is 0 Å². The number of pyridine rings is 2. The Kier molecular flexibility index (Phi) is 7.85. The molecule has 2 amide bonds. The summed E-state index contributed by atoms with van der Waals surface area (Å²) in [5, 5.41) is 0. The zero-order valence-corrected chi connectivity index (χ0v) is 18.3. The third kappa shape index (κ3) is 9.23. The average molecular weight is 389 g/mol. The Morgan fingerprint density at radius 2 is 1.08 bits per heavy atom. The van der Waals surface area contributed by atoms with Crippen LogP contribution in [0.15, 0.2) is 49.1 Å². The SMILES string of the molecule is C[Si](C)(C)NC(=O)c1cccnc1.C[Si](C)(C)NC(=O)c1cccnc1. The van der Waals surface area contributed by atoms with E-state index in [0.29, 0.717) is 11.1 Å². The fraction of sp³-hybridized carbons (Fsp3) is 0.333. The van der Waals surface area contributed by atoms with Gasteiger partial charge < -0.3 is 9.96 Å². The summed E-state index contributed by atoms with van der Waals surface area (Å²) in [6.07, 6.45) is 6.47. The highest BCUT2D eigenvalue weighted by molar-refractivity contribution is 6.76. The first kappa shape index (κ1) is 21.7. The Balaban J connectivity index is 0.000000260. The molecule has 0 aliphatic rings. The van der Waals surface area contributed by atoms with Crippen LogP contribution < -0.4 is 9.96 Å². The second-order valence-corrected chi connectivity index (χ2v) is 17.4. The van der Waals surface area contributed by atoms with E-state index in [2.05, 4.69) is 59.2 Å². The summed E-state index contributed by atoms with van der Waals surface area (Å²) in [5.74, 6) is -0.0421. The first-order chi connectivity index (χ1) is 12.0. The minimum atomic E-state index is -1.53. The van der Waals surface area contributed by atoms with Crippen molar-refractivity contribution in [3.8, 4) is 0 Å². The van der Waals surface area contributed by atoms with E-state index in [1.807, 2.05) is 0 Å². The summed E-state index contributed by atoms with van der Waals surface area (Å²) >= 11 is 0. The molecule has 26 heavy (non-hydrogen) atoms. The van der Waals surface area contributed by atoms with Crippen LogP contribution in [-0.2, 0) is 0 Å². The number of rotatable bonds is 4. The molecule has 0 spiro atoms. The zero-order chi connectivity index (χ0) is 19.8. The van der Waals surface area contributed by atoms with Crippen molar-refractivity contribution >= 4 is 28.3 Å². The van der Waals surface area contributed by atoms with E-state index in [1.165, 1.54) is 0 Å². The minimum absolute atomic E-state index is 0.0210. The third-order valence-corrected chi connectivity index (χ3v) is 4.78. The van der Waals surface area contributed by atoms with Gasteiger partial charge in [0.1, 0.15) is 16.5 Å². The fourth-order valence-corrected chi connectivity index (χ4v) is 3.47. The van der Waals surface area contributed by atoms with Crippen molar-refractivity contribution in [3.63, 3.8) is 0 Å². The van der Waals surface area contributed by atoms with Crippen LogP contribution in [0.3, 0.4) is 0 Å². The number of aromatic nitrogens is 2. The van der Waals surface area contributed by atoms with Crippen molar-refractivity contribution in [2.75, 3.05) is 0 Å². The second kappa shape index (κ2) is 9.39. The van der Waals surface area contributed by atoms with E-state index < -0.39 is 16.5 Å². The Bertz CT molecular complexity index is 648. The predicted molar refractivity (Wildman–Crippen MR) is 110 cm³/mol. The molecular formula is C18H28N4O2Si2. The van der Waals surface area contributed by atoms with E-state index in [0.717, 1.165) is 0 Å². The van der Waals surface area contributed by atoms with E-state index in [4.69, 9.17) is 0 Å². The molecule has 0 saturated carbocycles. The van der Waals surface area contributed by atoms with E-state index >= 15 is 0 Å². The van der Waals surface area contributed by atoms with Gasteiger partial charge >= 0.3 is 0 Å². The molecule has 0 saturated heterocycles. The zero-order valence-electron chi connectivity index (χ0n) is 16.3. The van der Waals surface area contributed by atoms with Crippen LogP contribution in [0.2, 0.25) is 39.3 Å². The summed E-state index contributed by atoms with van der Waals surface area (Å²) in [6, 6.07) is 7.06. The number of carbonyl (C=O) groups is 2. The van der Waals surface area contributed by atoms with Gasteiger partial charge in [-0.3, -0.25) is 19.6 Å². The van der Waals surface area contributed by atoms with Gasteiger partial charge in [0, 0.05) is 24.8 Å². The first-order valence-electron chi connectivity index (χ1n) is 8.43. The minimum Gasteiger partial charge on any atom is -0.378 e. The summed E-state index contributed by atoms with van der Waals surface area (Å²) in [6.45, 7) is 12.5. The smallest absolute Gasteiger partial charge is 0.245 e. The largest absolute Gasteiger partial charge is 0.378 e. The number of carbonyl (C=O) groups excluding carboxylic acids is 2. The maximum Gasteiger partial charge on any atom is 0.245 e. The van der Waals surface area contributed by atoms with Crippen molar-refractivity contribution in [1.82, 2.24) is 19.9 Å². The fourth-order valence-electron chi connectivity index (χ4n) is 1.82. The molecule has 2 aromatic rings. The lowest BCUT2D eigenvalue weighted by atomic mass is 10.3. The molecule has 2 N–H and O–H groups in total. The van der Waals surface area contributed by atoms with Crippen molar-refractivity contribution in [1.29, 1.82) is 0 Å². The predicted octanol–water partition coefficient (Wildman–Crippen LogP) is 3.29. The molecule has 0 unspecified atom stereocenters. The summed E-state index contributed by atoms with van der Waals surface area (Å²) in [5.41, 5.74) is 1.26. The molecule has 0 fully saturated rings. The van der Waals surface area contributed by atoms with Crippen molar-refractivity contribution in [2.24, 2.45) is 0 Å². The standard InChI is InChI=1S/2C9H14N2OSi/c2*1-13(2,3)11-9(12)8-5-4-6-10-7-8/h2*4-7H,1-3H3,(H,11,12). The van der Waals surface area contributed by atoms with Crippen molar-refractivity contribution in [2.45, 2.75) is 39.3 Å². The number of nitrogens with zero attached hydrogens (tertiary/aromatic N) is 2. The molecule has 2 heterocycles. The highest BCUT2D eigenvalue weighted by atomic mass is 28.3. The second-order valence-electron chi connectivity index (χ2n) is 7.89. The Morgan fingerprint density at radius 1 is 0.731 bits per heavy atom. The van der Waals surface area contributed by atoms with Gasteiger partial charge in [0.25, 0.3) is 0 Å². The van der Waals surface area contributed by atoms with Crippen molar-refractivity contribution in [3.05, 3.63) is 60.2 Å². The summed E-state index contributed by atoms with van der Waals surface area (Å²) in [7, 11) is -3.06. The Morgan fingerprint density at radius 3 is 1.31 bits per heavy atom. The quantitative estimate of drug-likeness (QED) is 0.787. The average Bonchev–Trinajstić information content (AvgIpc) is 2.54. The number of hydrogen-bond donors (Lipinski definition) is 2. The van der Waals surface area contributed by atoms with E-state index in [9.17, 15) is 9.59 Å². The van der Waals surface area contributed by atoms with Crippen LogP contribution >= 0.6 is 0 Å². The molecule has 0 aromatic carbocycles. The molecule has 0 aliphatic heterocycles. The van der Waals surface area contributed by atoms with Gasteiger partial charge in [-0.2, -0.15) is 0 Å². The van der Waals surface area contributed by atoms with Gasteiger partial charge in [-0.25, -0.2) is 0 Å². The molecule has 0 radical (unpaired) electrons. The number of hydrogen-bond acceptors (Lipinski definition) is 4. The van der Waals surface area contributed by atoms with Crippen LogP contribution in [0.1, 0.15) is 20.7 Å².